The number of piperazine rings is 1. The molecule has 9 nitrogen and oxygen atoms in total. The van der Waals surface area contributed by atoms with Crippen LogP contribution in [0.2, 0.25) is 0 Å². The van der Waals surface area contributed by atoms with Gasteiger partial charge in [0.15, 0.2) is 11.5 Å². The van der Waals surface area contributed by atoms with Crippen LogP contribution in [0.15, 0.2) is 41.3 Å². The Morgan fingerprint density at radius 2 is 1.81 bits per heavy atom. The van der Waals surface area contributed by atoms with E-state index in [4.69, 9.17) is 9.47 Å². The first-order chi connectivity index (χ1) is 20.5. The van der Waals surface area contributed by atoms with Crippen LogP contribution in [0.1, 0.15) is 44.9 Å². The Bertz CT molecular complexity index is 1770. The second kappa shape index (κ2) is 10.8. The topological polar surface area (TPSA) is 94.4 Å². The van der Waals surface area contributed by atoms with Crippen molar-refractivity contribution in [3.8, 4) is 28.4 Å². The van der Waals surface area contributed by atoms with Crippen LogP contribution in [0.5, 0.6) is 11.5 Å². The molecule has 1 N–H and O–H groups in total. The summed E-state index contributed by atoms with van der Waals surface area (Å²) in [5.74, 6) is -0.949. The number of alkyl halides is 3. The van der Waals surface area contributed by atoms with Gasteiger partial charge in [-0.25, -0.2) is 18.7 Å². The zero-order chi connectivity index (χ0) is 30.6. The number of ether oxygens (including phenoxy) is 2. The van der Waals surface area contributed by atoms with Crippen molar-refractivity contribution >= 4 is 16.9 Å². The molecule has 6 rings (SSSR count). The van der Waals surface area contributed by atoms with Crippen LogP contribution >= 0.6 is 0 Å². The van der Waals surface area contributed by atoms with Gasteiger partial charge in [-0.05, 0) is 38.0 Å². The number of nitrogens with zero attached hydrogens (tertiary/aromatic N) is 5. The second-order valence-corrected chi connectivity index (χ2v) is 11.1. The van der Waals surface area contributed by atoms with Gasteiger partial charge in [0, 0.05) is 37.4 Å². The Balaban J connectivity index is 1.78. The summed E-state index contributed by atoms with van der Waals surface area (Å²) in [6, 6.07) is 5.96. The summed E-state index contributed by atoms with van der Waals surface area (Å²) in [7, 11) is 0. The highest BCUT2D eigenvalue weighted by Crippen LogP contribution is 2.44. The maximum absolute atomic E-state index is 16.2. The summed E-state index contributed by atoms with van der Waals surface area (Å²) in [6.45, 7) is 8.48. The molecule has 2 aliphatic rings. The third-order valence-electron chi connectivity index (χ3n) is 7.69. The molecule has 2 bridgehead atoms. The number of hydrogen-bond acceptors (Lipinski definition) is 8. The molecule has 1 aromatic carbocycles. The van der Waals surface area contributed by atoms with E-state index < -0.39 is 34.5 Å². The summed E-state index contributed by atoms with van der Waals surface area (Å²) in [5.41, 5.74) is -2.39. The van der Waals surface area contributed by atoms with Crippen LogP contribution in [0.4, 0.5) is 23.4 Å². The quantitative estimate of drug-likeness (QED) is 0.320. The van der Waals surface area contributed by atoms with Gasteiger partial charge in [-0.1, -0.05) is 19.9 Å². The molecule has 13 heteroatoms. The number of halogens is 4. The lowest BCUT2D eigenvalue weighted by Gasteiger charge is -2.38. The first-order valence-electron chi connectivity index (χ1n) is 14.0. The maximum Gasteiger partial charge on any atom is 0.417 e. The van der Waals surface area contributed by atoms with E-state index in [0.29, 0.717) is 18.8 Å². The van der Waals surface area contributed by atoms with Crippen molar-refractivity contribution in [2.24, 2.45) is 0 Å². The zero-order valence-corrected chi connectivity index (χ0v) is 24.0. The Kier molecular flexibility index (Phi) is 7.23. The summed E-state index contributed by atoms with van der Waals surface area (Å²) < 4.78 is 72.1. The molecule has 226 valence electrons. The fourth-order valence-electron chi connectivity index (χ4n) is 5.67. The van der Waals surface area contributed by atoms with Crippen molar-refractivity contribution in [3.05, 3.63) is 64.1 Å². The third-order valence-corrected chi connectivity index (χ3v) is 7.69. The zero-order valence-electron chi connectivity index (χ0n) is 24.0. The predicted molar refractivity (Wildman–Crippen MR) is 153 cm³/mol. The van der Waals surface area contributed by atoms with Gasteiger partial charge in [0.05, 0.1) is 22.2 Å². The van der Waals surface area contributed by atoms with E-state index in [9.17, 15) is 18.0 Å². The number of benzene rings is 1. The average molecular weight is 599 g/mol. The van der Waals surface area contributed by atoms with Gasteiger partial charge in [-0.15, -0.1) is 0 Å². The van der Waals surface area contributed by atoms with Gasteiger partial charge in [-0.3, -0.25) is 4.98 Å². The van der Waals surface area contributed by atoms with E-state index >= 15 is 4.39 Å². The average Bonchev–Trinajstić information content (AvgIpc) is 2.95. The first kappa shape index (κ1) is 28.8. The van der Waals surface area contributed by atoms with Crippen LogP contribution in [0.25, 0.3) is 28.0 Å². The van der Waals surface area contributed by atoms with E-state index in [1.54, 1.807) is 12.3 Å². The van der Waals surface area contributed by atoms with Crippen LogP contribution < -0.4 is 25.4 Å². The molecule has 0 aliphatic carbocycles. The van der Waals surface area contributed by atoms with Crippen molar-refractivity contribution in [2.75, 3.05) is 31.2 Å². The molecule has 0 unspecified atom stereocenters. The maximum atomic E-state index is 16.2. The summed E-state index contributed by atoms with van der Waals surface area (Å²) in [6.07, 6.45) is -3.30. The predicted octanol–water partition coefficient (Wildman–Crippen LogP) is 5.08. The number of rotatable bonds is 2. The second-order valence-electron chi connectivity index (χ2n) is 11.1. The molecular formula is C30H30F4N6O3. The Labute approximate surface area is 244 Å². The smallest absolute Gasteiger partial charge is 0.417 e. The summed E-state index contributed by atoms with van der Waals surface area (Å²) in [5, 5.41) is 3.52. The van der Waals surface area contributed by atoms with Gasteiger partial charge < -0.3 is 19.7 Å². The standard InChI is InChI=1S/C30H30F4N6O3/c1-15(2)24-26-22(8-9-35-24)43-11-10-42-21-7-5-6-19(30(32,33)34)23(21)25-20(31)12-18-27(38-29(41)40(26)28(18)37-25)39-14-16(3)36-13-17(39)4/h5-9,12,15-17,36H,10-11,13-14H2,1-4H3/t16-,17+/m1/s1. The first-order valence-corrected chi connectivity index (χ1v) is 14.0. The largest absolute Gasteiger partial charge is 0.489 e. The molecule has 5 heterocycles. The van der Waals surface area contributed by atoms with E-state index in [2.05, 4.69) is 20.3 Å². The van der Waals surface area contributed by atoms with Crippen molar-refractivity contribution in [1.82, 2.24) is 24.8 Å². The van der Waals surface area contributed by atoms with Crippen LogP contribution in [-0.4, -0.2) is 57.9 Å². The minimum Gasteiger partial charge on any atom is -0.489 e. The molecule has 0 amide bonds. The van der Waals surface area contributed by atoms with Crippen LogP contribution in [-0.2, 0) is 6.18 Å². The van der Waals surface area contributed by atoms with Gasteiger partial charge in [0.2, 0.25) is 0 Å². The molecule has 1 fully saturated rings. The van der Waals surface area contributed by atoms with E-state index in [1.165, 1.54) is 16.7 Å². The third kappa shape index (κ3) is 5.05. The van der Waals surface area contributed by atoms with Crippen LogP contribution in [0, 0.1) is 5.82 Å². The van der Waals surface area contributed by atoms with Crippen molar-refractivity contribution in [1.29, 1.82) is 0 Å². The lowest BCUT2D eigenvalue weighted by Crippen LogP contribution is -2.55. The lowest BCUT2D eigenvalue weighted by atomic mass is 10.0. The molecule has 4 aromatic rings. The molecule has 0 spiro atoms. The Hall–Kier alpha value is -4.26. The Morgan fingerprint density at radius 1 is 1.07 bits per heavy atom. The monoisotopic (exact) mass is 598 g/mol. The van der Waals surface area contributed by atoms with Gasteiger partial charge in [0.1, 0.15) is 41.9 Å². The number of hydrogen-bond donors (Lipinski definition) is 1. The molecule has 0 saturated carbocycles. The van der Waals surface area contributed by atoms with Gasteiger partial charge >= 0.3 is 11.9 Å². The summed E-state index contributed by atoms with van der Waals surface area (Å²) in [4.78, 5) is 29.4. The normalized spacial score (nSPS) is 18.9. The number of nitrogens with one attached hydrogen (secondary N) is 1. The van der Waals surface area contributed by atoms with Crippen molar-refractivity contribution in [3.63, 3.8) is 0 Å². The minimum atomic E-state index is -4.85. The minimum absolute atomic E-state index is 0.0367. The van der Waals surface area contributed by atoms with Gasteiger partial charge in [-0.2, -0.15) is 18.2 Å². The molecule has 0 radical (unpaired) electrons. The number of pyridine rings is 2. The SMILES string of the molecule is CC(C)c1nccc2c1-n1c(=O)nc(N3C[C@@H](C)NC[C@@H]3C)c3cc(F)c(nc31)-c1c(cccc1C(F)(F)F)OCCO2. The summed E-state index contributed by atoms with van der Waals surface area (Å²) >= 11 is 0. The molecule has 3 aromatic heterocycles. The molecule has 2 aliphatic heterocycles. The highest BCUT2D eigenvalue weighted by atomic mass is 19.4. The van der Waals surface area contributed by atoms with E-state index in [-0.39, 0.29) is 65.3 Å². The van der Waals surface area contributed by atoms with E-state index in [1.807, 2.05) is 32.6 Å². The molecule has 43 heavy (non-hydrogen) atoms. The number of anilines is 1. The van der Waals surface area contributed by atoms with E-state index in [0.717, 1.165) is 12.1 Å². The fraction of sp³-hybridized carbons (Fsp3) is 0.400. The lowest BCUT2D eigenvalue weighted by molar-refractivity contribution is -0.137. The van der Waals surface area contributed by atoms with Crippen molar-refractivity contribution in [2.45, 2.75) is 51.9 Å². The molecule has 2 atom stereocenters. The fourth-order valence-corrected chi connectivity index (χ4v) is 5.67. The highest BCUT2D eigenvalue weighted by molar-refractivity contribution is 5.91. The van der Waals surface area contributed by atoms with Crippen LogP contribution in [0.3, 0.4) is 0 Å². The molecule has 1 saturated heterocycles. The number of aromatic nitrogens is 4. The number of fused-ring (bicyclic) bond motifs is 5. The molecular weight excluding hydrogens is 568 g/mol. The highest BCUT2D eigenvalue weighted by Gasteiger charge is 2.37. The van der Waals surface area contributed by atoms with Crippen molar-refractivity contribution < 1.29 is 27.0 Å². The Morgan fingerprint density at radius 3 is 2.53 bits per heavy atom. The van der Waals surface area contributed by atoms with Gasteiger partial charge in [0.25, 0.3) is 0 Å².